The van der Waals surface area contributed by atoms with E-state index in [0.29, 0.717) is 12.2 Å². The molecule has 0 aliphatic heterocycles. The van der Waals surface area contributed by atoms with E-state index in [1.54, 1.807) is 0 Å². The van der Waals surface area contributed by atoms with Crippen LogP contribution >= 0.6 is 0 Å². The smallest absolute Gasteiger partial charge is 0.0571 e. The van der Waals surface area contributed by atoms with Gasteiger partial charge in [0.2, 0.25) is 0 Å². The van der Waals surface area contributed by atoms with E-state index in [9.17, 15) is 0 Å². The Morgan fingerprint density at radius 1 is 1.15 bits per heavy atom. The molecule has 13 heavy (non-hydrogen) atoms. The molecule has 0 saturated heterocycles. The van der Waals surface area contributed by atoms with Crippen LogP contribution in [-0.4, -0.2) is 25.9 Å². The molecule has 0 aromatic rings. The normalized spacial score (nSPS) is 29.5. The maximum atomic E-state index is 5.61. The highest BCUT2D eigenvalue weighted by atomic mass is 16.5. The predicted molar refractivity (Wildman–Crippen MR) is 53.8 cm³/mol. The van der Waals surface area contributed by atoms with Crippen molar-refractivity contribution in [2.75, 3.05) is 13.7 Å². The van der Waals surface area contributed by atoms with Crippen molar-refractivity contribution in [3.05, 3.63) is 0 Å². The summed E-state index contributed by atoms with van der Waals surface area (Å²) in [5, 5.41) is 0. The van der Waals surface area contributed by atoms with Crippen LogP contribution in [-0.2, 0) is 9.47 Å². The second-order valence-electron chi connectivity index (χ2n) is 4.26. The van der Waals surface area contributed by atoms with Crippen molar-refractivity contribution in [3.8, 4) is 0 Å². The molecule has 0 N–H and O–H groups in total. The molecular formula is C11H22O2. The van der Waals surface area contributed by atoms with Gasteiger partial charge < -0.3 is 9.47 Å². The minimum atomic E-state index is 0.375. The van der Waals surface area contributed by atoms with Gasteiger partial charge in [0.1, 0.15) is 0 Å². The molecule has 0 radical (unpaired) electrons. The van der Waals surface area contributed by atoms with Crippen LogP contribution < -0.4 is 0 Å². The minimum absolute atomic E-state index is 0.375. The van der Waals surface area contributed by atoms with Crippen LogP contribution in [0.4, 0.5) is 0 Å². The van der Waals surface area contributed by atoms with E-state index in [2.05, 4.69) is 13.8 Å². The molecule has 0 amide bonds. The van der Waals surface area contributed by atoms with Gasteiger partial charge in [-0.15, -0.1) is 0 Å². The number of hydrogen-bond acceptors (Lipinski definition) is 2. The molecule has 0 bridgehead atoms. The monoisotopic (exact) mass is 186 g/mol. The first-order valence-corrected chi connectivity index (χ1v) is 5.36. The fourth-order valence-corrected chi connectivity index (χ4v) is 1.86. The van der Waals surface area contributed by atoms with E-state index in [1.165, 1.54) is 25.7 Å². The summed E-state index contributed by atoms with van der Waals surface area (Å²) in [6, 6.07) is 0. The average molecular weight is 186 g/mol. The maximum Gasteiger partial charge on any atom is 0.0571 e. The van der Waals surface area contributed by atoms with Gasteiger partial charge in [0.15, 0.2) is 0 Å². The Balaban J connectivity index is 2.10. The number of rotatable bonds is 4. The summed E-state index contributed by atoms with van der Waals surface area (Å²) in [6.45, 7) is 5.13. The van der Waals surface area contributed by atoms with Gasteiger partial charge in [-0.1, -0.05) is 0 Å². The summed E-state index contributed by atoms with van der Waals surface area (Å²) in [5.74, 6) is 0.772. The Labute approximate surface area is 81.6 Å². The van der Waals surface area contributed by atoms with E-state index >= 15 is 0 Å². The Morgan fingerprint density at radius 3 is 2.23 bits per heavy atom. The largest absolute Gasteiger partial charge is 0.381 e. The van der Waals surface area contributed by atoms with E-state index in [-0.39, 0.29) is 0 Å². The van der Waals surface area contributed by atoms with E-state index in [1.807, 2.05) is 7.11 Å². The first-order valence-electron chi connectivity index (χ1n) is 5.36. The lowest BCUT2D eigenvalue weighted by Crippen LogP contribution is -2.24. The van der Waals surface area contributed by atoms with Crippen LogP contribution in [0.1, 0.15) is 39.5 Å². The van der Waals surface area contributed by atoms with Crippen LogP contribution in [0.15, 0.2) is 0 Å². The highest BCUT2D eigenvalue weighted by Gasteiger charge is 2.20. The summed E-state index contributed by atoms with van der Waals surface area (Å²) < 4.78 is 10.9. The van der Waals surface area contributed by atoms with Crippen molar-refractivity contribution < 1.29 is 9.47 Å². The van der Waals surface area contributed by atoms with Gasteiger partial charge in [-0.05, 0) is 45.4 Å². The first-order chi connectivity index (χ1) is 6.22. The highest BCUT2D eigenvalue weighted by Crippen LogP contribution is 2.26. The second-order valence-corrected chi connectivity index (χ2v) is 4.26. The summed E-state index contributed by atoms with van der Waals surface area (Å²) in [5.41, 5.74) is 0. The lowest BCUT2D eigenvalue weighted by Gasteiger charge is -2.27. The molecule has 1 aliphatic rings. The molecule has 0 aromatic carbocycles. The van der Waals surface area contributed by atoms with Crippen LogP contribution in [0.25, 0.3) is 0 Å². The first kappa shape index (κ1) is 11.0. The van der Waals surface area contributed by atoms with Crippen LogP contribution in [0, 0.1) is 5.92 Å². The van der Waals surface area contributed by atoms with E-state index in [4.69, 9.17) is 9.47 Å². The van der Waals surface area contributed by atoms with Crippen molar-refractivity contribution in [1.82, 2.24) is 0 Å². The van der Waals surface area contributed by atoms with Crippen molar-refractivity contribution in [3.63, 3.8) is 0 Å². The summed E-state index contributed by atoms with van der Waals surface area (Å²) >= 11 is 0. The Morgan fingerprint density at radius 2 is 1.77 bits per heavy atom. The summed E-state index contributed by atoms with van der Waals surface area (Å²) in [7, 11) is 1.82. The van der Waals surface area contributed by atoms with E-state index in [0.717, 1.165) is 12.5 Å². The number of ether oxygens (including phenoxy) is 2. The lowest BCUT2D eigenvalue weighted by molar-refractivity contribution is 0.0102. The lowest BCUT2D eigenvalue weighted by atomic mass is 9.88. The molecule has 0 unspecified atom stereocenters. The fraction of sp³-hybridized carbons (Fsp3) is 1.00. The topological polar surface area (TPSA) is 18.5 Å². The molecule has 78 valence electrons. The molecule has 1 rings (SSSR count). The van der Waals surface area contributed by atoms with Gasteiger partial charge >= 0.3 is 0 Å². The van der Waals surface area contributed by atoms with Gasteiger partial charge in [0.05, 0.1) is 12.2 Å². The molecule has 0 atom stereocenters. The zero-order valence-electron chi connectivity index (χ0n) is 9.08. The van der Waals surface area contributed by atoms with Crippen LogP contribution in [0.3, 0.4) is 0 Å². The van der Waals surface area contributed by atoms with Gasteiger partial charge in [-0.25, -0.2) is 0 Å². The standard InChI is InChI=1S/C11H22O2/c1-9(2)13-8-10-4-6-11(12-3)7-5-10/h9-11H,4-8H2,1-3H3/t10-,11-. The Kier molecular flexibility index (Phi) is 4.74. The van der Waals surface area contributed by atoms with Crippen molar-refractivity contribution in [2.45, 2.75) is 51.7 Å². The molecule has 0 aromatic heterocycles. The molecule has 1 fully saturated rings. The average Bonchev–Trinajstić information content (AvgIpc) is 2.15. The maximum absolute atomic E-state index is 5.61. The summed E-state index contributed by atoms with van der Waals surface area (Å²) in [4.78, 5) is 0. The van der Waals surface area contributed by atoms with Crippen molar-refractivity contribution >= 4 is 0 Å². The SMILES string of the molecule is CO[C@H]1CC[C@H](COC(C)C)CC1. The summed E-state index contributed by atoms with van der Waals surface area (Å²) in [6.07, 6.45) is 5.84. The molecule has 2 heteroatoms. The molecule has 0 spiro atoms. The Hall–Kier alpha value is -0.0800. The molecule has 1 saturated carbocycles. The van der Waals surface area contributed by atoms with Crippen LogP contribution in [0.5, 0.6) is 0 Å². The molecule has 0 heterocycles. The number of hydrogen-bond donors (Lipinski definition) is 0. The van der Waals surface area contributed by atoms with Crippen LogP contribution in [0.2, 0.25) is 0 Å². The third-order valence-corrected chi connectivity index (χ3v) is 2.79. The zero-order valence-corrected chi connectivity index (χ0v) is 9.08. The Bertz CT molecular complexity index is 126. The molecule has 2 nitrogen and oxygen atoms in total. The quantitative estimate of drug-likeness (QED) is 0.672. The van der Waals surface area contributed by atoms with Gasteiger partial charge in [-0.3, -0.25) is 0 Å². The third-order valence-electron chi connectivity index (χ3n) is 2.79. The highest BCUT2D eigenvalue weighted by molar-refractivity contribution is 4.72. The molecular weight excluding hydrogens is 164 g/mol. The van der Waals surface area contributed by atoms with E-state index < -0.39 is 0 Å². The van der Waals surface area contributed by atoms with Crippen molar-refractivity contribution in [2.24, 2.45) is 5.92 Å². The number of methoxy groups -OCH3 is 1. The van der Waals surface area contributed by atoms with Gasteiger partial charge in [-0.2, -0.15) is 0 Å². The second kappa shape index (κ2) is 5.61. The fourth-order valence-electron chi connectivity index (χ4n) is 1.86. The van der Waals surface area contributed by atoms with Gasteiger partial charge in [0.25, 0.3) is 0 Å². The predicted octanol–water partition coefficient (Wildman–Crippen LogP) is 2.62. The zero-order chi connectivity index (χ0) is 9.68. The minimum Gasteiger partial charge on any atom is -0.381 e. The van der Waals surface area contributed by atoms with Crippen molar-refractivity contribution in [1.29, 1.82) is 0 Å². The third kappa shape index (κ3) is 4.10. The molecule has 1 aliphatic carbocycles. The van der Waals surface area contributed by atoms with Gasteiger partial charge in [0, 0.05) is 13.7 Å².